The van der Waals surface area contributed by atoms with Gasteiger partial charge >= 0.3 is 5.97 Å². The van der Waals surface area contributed by atoms with Crippen LogP contribution in [0.25, 0.3) is 22.4 Å². The number of aromatic nitrogens is 2. The van der Waals surface area contributed by atoms with Gasteiger partial charge in [0.2, 0.25) is 0 Å². The van der Waals surface area contributed by atoms with Gasteiger partial charge in [0.1, 0.15) is 17.2 Å². The number of imidazole rings is 1. The number of fused-ring (bicyclic) bond motifs is 1. The number of nitrogens with zero attached hydrogens (tertiary/aromatic N) is 2. The lowest BCUT2D eigenvalue weighted by molar-refractivity contribution is -0.136. The number of carbonyl (C=O) groups excluding carboxylic acids is 1. The molecule has 0 aliphatic rings. The van der Waals surface area contributed by atoms with Gasteiger partial charge in [-0.15, -0.1) is 0 Å². The normalized spacial score (nSPS) is 10.8. The van der Waals surface area contributed by atoms with Gasteiger partial charge in [-0.05, 0) is 18.6 Å². The molecular formula is C20H22N6O3. The van der Waals surface area contributed by atoms with Crippen LogP contribution in [0.2, 0.25) is 0 Å². The molecule has 0 unspecified atom stereocenters. The zero-order valence-corrected chi connectivity index (χ0v) is 16.1. The van der Waals surface area contributed by atoms with Crippen molar-refractivity contribution in [1.29, 1.82) is 5.41 Å². The maximum atomic E-state index is 12.5. The Balaban J connectivity index is 2.03. The molecule has 29 heavy (non-hydrogen) atoms. The number of anilines is 1. The second-order valence-electron chi connectivity index (χ2n) is 6.73. The van der Waals surface area contributed by atoms with E-state index < -0.39 is 11.9 Å². The summed E-state index contributed by atoms with van der Waals surface area (Å²) in [5, 5.41) is 18.8. The summed E-state index contributed by atoms with van der Waals surface area (Å²) in [6.45, 7) is 1.79. The second-order valence-corrected chi connectivity index (χ2v) is 6.73. The molecule has 0 radical (unpaired) electrons. The number of rotatable bonds is 6. The highest BCUT2D eigenvalue weighted by Crippen LogP contribution is 2.31. The van der Waals surface area contributed by atoms with Crippen LogP contribution in [0.3, 0.4) is 0 Å². The van der Waals surface area contributed by atoms with E-state index in [0.29, 0.717) is 28.0 Å². The highest BCUT2D eigenvalue weighted by atomic mass is 16.4. The highest BCUT2D eigenvalue weighted by molar-refractivity contribution is 6.08. The van der Waals surface area contributed by atoms with Crippen LogP contribution in [0.1, 0.15) is 27.9 Å². The first kappa shape index (κ1) is 19.9. The number of nitrogens with one attached hydrogen (secondary N) is 2. The van der Waals surface area contributed by atoms with Crippen molar-refractivity contribution in [2.24, 2.45) is 12.8 Å². The van der Waals surface area contributed by atoms with Crippen LogP contribution in [-0.2, 0) is 11.8 Å². The standard InChI is InChI=1S/C20H22N6O3/c1-10-9-13-17(16(21)15(10)20(29)24-8-7-14(27)28)25-19(26(13)2)12-5-3-11(4-6-12)18(22)23/h3-6,9H,7-8,21H2,1-2H3,(H3,22,23)(H,24,29)(H,27,28). The quantitative estimate of drug-likeness (QED) is 0.242. The van der Waals surface area contributed by atoms with Crippen LogP contribution < -0.4 is 16.8 Å². The Morgan fingerprint density at radius 1 is 1.28 bits per heavy atom. The molecule has 1 aromatic heterocycles. The van der Waals surface area contributed by atoms with E-state index in [0.717, 1.165) is 11.1 Å². The molecular weight excluding hydrogens is 372 g/mol. The van der Waals surface area contributed by atoms with E-state index in [9.17, 15) is 9.59 Å². The number of carbonyl (C=O) groups is 2. The molecule has 3 rings (SSSR count). The molecule has 9 heteroatoms. The van der Waals surface area contributed by atoms with E-state index in [-0.39, 0.29) is 24.5 Å². The Kier molecular flexibility index (Phi) is 5.22. The summed E-state index contributed by atoms with van der Waals surface area (Å²) in [5.41, 5.74) is 15.7. The van der Waals surface area contributed by atoms with Crippen LogP contribution in [0.15, 0.2) is 30.3 Å². The molecule has 9 nitrogen and oxygen atoms in total. The van der Waals surface area contributed by atoms with Gasteiger partial charge in [-0.25, -0.2) is 4.98 Å². The molecule has 3 aromatic rings. The maximum Gasteiger partial charge on any atom is 0.305 e. The Morgan fingerprint density at radius 3 is 2.52 bits per heavy atom. The fourth-order valence-corrected chi connectivity index (χ4v) is 3.21. The zero-order valence-electron chi connectivity index (χ0n) is 16.1. The number of amidine groups is 1. The molecule has 7 N–H and O–H groups in total. The average molecular weight is 394 g/mol. The summed E-state index contributed by atoms with van der Waals surface area (Å²) >= 11 is 0. The molecule has 2 aromatic carbocycles. The molecule has 0 saturated heterocycles. The first-order valence-electron chi connectivity index (χ1n) is 8.91. The van der Waals surface area contributed by atoms with Crippen molar-refractivity contribution < 1.29 is 14.7 Å². The third kappa shape index (κ3) is 3.75. The van der Waals surface area contributed by atoms with Crippen LogP contribution in [0, 0.1) is 12.3 Å². The summed E-state index contributed by atoms with van der Waals surface area (Å²) in [6, 6.07) is 8.96. The molecule has 0 aliphatic carbocycles. The van der Waals surface area contributed by atoms with Gasteiger partial charge in [-0.1, -0.05) is 24.3 Å². The number of nitrogen functional groups attached to an aromatic ring is 2. The summed E-state index contributed by atoms with van der Waals surface area (Å²) < 4.78 is 1.88. The molecule has 0 fully saturated rings. The lowest BCUT2D eigenvalue weighted by Gasteiger charge is -2.11. The monoisotopic (exact) mass is 394 g/mol. The third-order valence-electron chi connectivity index (χ3n) is 4.72. The van der Waals surface area contributed by atoms with Crippen molar-refractivity contribution in [2.75, 3.05) is 12.3 Å². The van der Waals surface area contributed by atoms with Crippen LogP contribution in [0.4, 0.5) is 5.69 Å². The smallest absolute Gasteiger partial charge is 0.305 e. The van der Waals surface area contributed by atoms with Gasteiger partial charge in [-0.3, -0.25) is 15.0 Å². The van der Waals surface area contributed by atoms with Crippen LogP contribution in [0.5, 0.6) is 0 Å². The van der Waals surface area contributed by atoms with Gasteiger partial charge in [0.25, 0.3) is 5.91 Å². The summed E-state index contributed by atoms with van der Waals surface area (Å²) in [7, 11) is 1.86. The van der Waals surface area contributed by atoms with Crippen molar-refractivity contribution in [3.05, 3.63) is 47.0 Å². The fraction of sp³-hybridized carbons (Fsp3) is 0.200. The molecule has 150 valence electrons. The Morgan fingerprint density at radius 2 is 1.93 bits per heavy atom. The minimum Gasteiger partial charge on any atom is -0.481 e. The highest BCUT2D eigenvalue weighted by Gasteiger charge is 2.20. The number of benzene rings is 2. The molecule has 1 amide bonds. The predicted molar refractivity (Wildman–Crippen MR) is 111 cm³/mol. The van der Waals surface area contributed by atoms with Crippen LogP contribution in [-0.4, -0.2) is 38.9 Å². The van der Waals surface area contributed by atoms with Gasteiger partial charge in [0, 0.05) is 24.7 Å². The maximum absolute atomic E-state index is 12.5. The Labute approximate surface area is 166 Å². The molecule has 0 atom stereocenters. The van der Waals surface area contributed by atoms with E-state index in [2.05, 4.69) is 10.3 Å². The molecule has 1 heterocycles. The first-order chi connectivity index (χ1) is 13.7. The Bertz CT molecular complexity index is 1130. The molecule has 0 bridgehead atoms. The van der Waals surface area contributed by atoms with Gasteiger partial charge in [0.05, 0.1) is 23.2 Å². The summed E-state index contributed by atoms with van der Waals surface area (Å²) in [4.78, 5) is 27.8. The van der Waals surface area contributed by atoms with E-state index in [1.807, 2.05) is 29.8 Å². The van der Waals surface area contributed by atoms with Crippen molar-refractivity contribution in [2.45, 2.75) is 13.3 Å². The molecule has 0 saturated carbocycles. The van der Waals surface area contributed by atoms with E-state index in [1.165, 1.54) is 0 Å². The number of aliphatic carboxylic acids is 1. The number of amides is 1. The summed E-state index contributed by atoms with van der Waals surface area (Å²) in [5.74, 6) is -0.777. The topological polar surface area (TPSA) is 160 Å². The van der Waals surface area contributed by atoms with Crippen molar-refractivity contribution >= 4 is 34.4 Å². The number of hydrogen-bond donors (Lipinski definition) is 5. The number of carboxylic acids is 1. The fourth-order valence-electron chi connectivity index (χ4n) is 3.21. The first-order valence-corrected chi connectivity index (χ1v) is 8.91. The summed E-state index contributed by atoms with van der Waals surface area (Å²) in [6.07, 6.45) is -0.170. The zero-order chi connectivity index (χ0) is 21.3. The largest absolute Gasteiger partial charge is 0.481 e. The van der Waals surface area contributed by atoms with Crippen molar-refractivity contribution in [3.63, 3.8) is 0 Å². The number of aryl methyl sites for hydroxylation is 2. The molecule has 0 spiro atoms. The average Bonchev–Trinajstić information content (AvgIpc) is 2.98. The van der Waals surface area contributed by atoms with Gasteiger partial charge in [-0.2, -0.15) is 0 Å². The lowest BCUT2D eigenvalue weighted by atomic mass is 10.0. The SMILES string of the molecule is Cc1cc2c(nc(-c3ccc(C(=N)N)cc3)n2C)c(N)c1C(=O)NCCC(=O)O. The Hall–Kier alpha value is -3.88. The number of hydrogen-bond acceptors (Lipinski definition) is 5. The van der Waals surface area contributed by atoms with Crippen molar-refractivity contribution in [1.82, 2.24) is 14.9 Å². The van der Waals surface area contributed by atoms with E-state index >= 15 is 0 Å². The molecule has 0 aliphatic heterocycles. The predicted octanol–water partition coefficient (Wildman–Crippen LogP) is 1.62. The second kappa shape index (κ2) is 7.63. The van der Waals surface area contributed by atoms with Gasteiger partial charge in [0.15, 0.2) is 0 Å². The minimum atomic E-state index is -0.990. The minimum absolute atomic E-state index is 0.0139. The third-order valence-corrected chi connectivity index (χ3v) is 4.72. The van der Waals surface area contributed by atoms with E-state index in [1.54, 1.807) is 19.1 Å². The van der Waals surface area contributed by atoms with E-state index in [4.69, 9.17) is 22.0 Å². The lowest BCUT2D eigenvalue weighted by Crippen LogP contribution is -2.27. The van der Waals surface area contributed by atoms with Crippen LogP contribution >= 0.6 is 0 Å². The number of carboxylic acid groups (broad SMARTS) is 1. The van der Waals surface area contributed by atoms with Crippen molar-refractivity contribution in [3.8, 4) is 11.4 Å². The van der Waals surface area contributed by atoms with Gasteiger partial charge < -0.3 is 26.5 Å². The number of nitrogens with two attached hydrogens (primary N) is 2.